The lowest BCUT2D eigenvalue weighted by Crippen LogP contribution is -2.10. The summed E-state index contributed by atoms with van der Waals surface area (Å²) in [6.07, 6.45) is 4.08. The Morgan fingerprint density at radius 2 is 1.26 bits per heavy atom. The van der Waals surface area contributed by atoms with Crippen molar-refractivity contribution >= 4 is 21.5 Å². The first kappa shape index (κ1) is 17.5. The van der Waals surface area contributed by atoms with E-state index in [2.05, 4.69) is 89.2 Å². The average Bonchev–Trinajstić information content (AvgIpc) is 2.55. The van der Waals surface area contributed by atoms with Crippen LogP contribution in [0.25, 0.3) is 21.5 Å². The van der Waals surface area contributed by atoms with Gasteiger partial charge in [-0.2, -0.15) is 0 Å². The molecule has 0 heteroatoms. The topological polar surface area (TPSA) is 0 Å². The monoisotopic (exact) mass is 306 g/mol. The largest absolute Gasteiger partial charge is 0.0654 e. The molecule has 0 radical (unpaired) electrons. The average molecular weight is 306 g/mol. The van der Waals surface area contributed by atoms with Crippen LogP contribution in [0.5, 0.6) is 0 Å². The van der Waals surface area contributed by atoms with Crippen LogP contribution in [0.15, 0.2) is 54.6 Å². The summed E-state index contributed by atoms with van der Waals surface area (Å²) in [5.41, 5.74) is 1.59. The minimum Gasteiger partial charge on any atom is -0.0654 e. The van der Waals surface area contributed by atoms with Crippen LogP contribution in [0.3, 0.4) is 0 Å². The number of benzene rings is 3. The van der Waals surface area contributed by atoms with Crippen LogP contribution >= 0.6 is 0 Å². The summed E-state index contributed by atoms with van der Waals surface area (Å²) >= 11 is 0. The van der Waals surface area contributed by atoms with Crippen LogP contribution in [0, 0.1) is 0 Å². The molecular formula is C23H30. The third-order valence-corrected chi connectivity index (χ3v) is 4.32. The van der Waals surface area contributed by atoms with Gasteiger partial charge in [0.2, 0.25) is 0 Å². The lowest BCUT2D eigenvalue weighted by molar-refractivity contribution is 0.591. The second-order valence-corrected chi connectivity index (χ2v) is 7.33. The normalized spacial score (nSPS) is 11.3. The van der Waals surface area contributed by atoms with Gasteiger partial charge in [0.25, 0.3) is 0 Å². The van der Waals surface area contributed by atoms with Gasteiger partial charge in [-0.3, -0.25) is 0 Å². The van der Waals surface area contributed by atoms with Gasteiger partial charge >= 0.3 is 0 Å². The van der Waals surface area contributed by atoms with E-state index in [4.69, 9.17) is 0 Å². The summed E-state index contributed by atoms with van der Waals surface area (Å²) in [4.78, 5) is 0. The molecule has 0 nitrogen and oxygen atoms in total. The molecule has 3 aromatic rings. The zero-order valence-corrected chi connectivity index (χ0v) is 15.3. The van der Waals surface area contributed by atoms with Crippen molar-refractivity contribution in [1.82, 2.24) is 0 Å². The fourth-order valence-electron chi connectivity index (χ4n) is 2.82. The van der Waals surface area contributed by atoms with Gasteiger partial charge in [0.05, 0.1) is 0 Å². The molecular weight excluding hydrogens is 276 g/mol. The molecule has 0 aliphatic carbocycles. The quantitative estimate of drug-likeness (QED) is 0.430. The van der Waals surface area contributed by atoms with Crippen molar-refractivity contribution in [2.45, 2.75) is 59.3 Å². The van der Waals surface area contributed by atoms with Gasteiger partial charge in [-0.05, 0) is 32.5 Å². The van der Waals surface area contributed by atoms with Crippen LogP contribution in [-0.4, -0.2) is 0 Å². The molecule has 0 saturated carbocycles. The van der Waals surface area contributed by atoms with Crippen LogP contribution in [-0.2, 0) is 5.41 Å². The molecule has 0 saturated heterocycles. The molecule has 122 valence electrons. The molecule has 0 atom stereocenters. The number of unbranched alkanes of at least 4 members (excludes halogenated alkanes) is 2. The zero-order valence-electron chi connectivity index (χ0n) is 15.3. The summed E-state index contributed by atoms with van der Waals surface area (Å²) in [7, 11) is 0. The minimum absolute atomic E-state index is 0.200. The Labute approximate surface area is 141 Å². The summed E-state index contributed by atoms with van der Waals surface area (Å²) in [6.45, 7) is 11.2. The van der Waals surface area contributed by atoms with Crippen molar-refractivity contribution in [3.63, 3.8) is 0 Å². The Hall–Kier alpha value is -1.82. The summed E-state index contributed by atoms with van der Waals surface area (Å²) in [6, 6.07) is 19.9. The Morgan fingerprint density at radius 3 is 1.83 bits per heavy atom. The van der Waals surface area contributed by atoms with Crippen LogP contribution in [0.1, 0.15) is 59.4 Å². The van der Waals surface area contributed by atoms with E-state index in [0.717, 1.165) is 0 Å². The Kier molecular flexibility index (Phi) is 5.82. The highest BCUT2D eigenvalue weighted by Crippen LogP contribution is 2.30. The second-order valence-electron chi connectivity index (χ2n) is 7.33. The molecule has 0 heterocycles. The van der Waals surface area contributed by atoms with Gasteiger partial charge in [0, 0.05) is 0 Å². The molecule has 0 bridgehead atoms. The van der Waals surface area contributed by atoms with Crippen LogP contribution < -0.4 is 0 Å². The SMILES string of the molecule is CC(C)(C)c1ccc2ccc3ccccc3c2c1.CCCCC. The lowest BCUT2D eigenvalue weighted by atomic mass is 9.85. The molecule has 0 N–H and O–H groups in total. The van der Waals surface area contributed by atoms with Crippen molar-refractivity contribution in [3.05, 3.63) is 60.2 Å². The van der Waals surface area contributed by atoms with Gasteiger partial charge in [-0.1, -0.05) is 108 Å². The van der Waals surface area contributed by atoms with E-state index >= 15 is 0 Å². The third kappa shape index (κ3) is 4.34. The van der Waals surface area contributed by atoms with Crippen molar-refractivity contribution in [1.29, 1.82) is 0 Å². The maximum atomic E-state index is 2.34. The highest BCUT2D eigenvalue weighted by Gasteiger charge is 2.14. The predicted molar refractivity (Wildman–Crippen MR) is 105 cm³/mol. The van der Waals surface area contributed by atoms with Gasteiger partial charge < -0.3 is 0 Å². The Balaban J connectivity index is 0.000000338. The van der Waals surface area contributed by atoms with Gasteiger partial charge in [-0.25, -0.2) is 0 Å². The van der Waals surface area contributed by atoms with Gasteiger partial charge in [-0.15, -0.1) is 0 Å². The highest BCUT2D eigenvalue weighted by atomic mass is 14.2. The van der Waals surface area contributed by atoms with Crippen molar-refractivity contribution in [2.24, 2.45) is 0 Å². The number of fused-ring (bicyclic) bond motifs is 3. The zero-order chi connectivity index (χ0) is 16.9. The summed E-state index contributed by atoms with van der Waals surface area (Å²) < 4.78 is 0. The maximum absolute atomic E-state index is 2.34. The summed E-state index contributed by atoms with van der Waals surface area (Å²) in [5.74, 6) is 0. The van der Waals surface area contributed by atoms with Gasteiger partial charge in [0.15, 0.2) is 0 Å². The Bertz CT molecular complexity index is 758. The van der Waals surface area contributed by atoms with Crippen LogP contribution in [0.2, 0.25) is 0 Å². The molecule has 0 fully saturated rings. The van der Waals surface area contributed by atoms with E-state index in [1.165, 1.54) is 46.4 Å². The first-order valence-corrected chi connectivity index (χ1v) is 8.89. The number of hydrogen-bond donors (Lipinski definition) is 0. The molecule has 0 aliphatic rings. The first-order valence-electron chi connectivity index (χ1n) is 8.89. The highest BCUT2D eigenvalue weighted by molar-refractivity contribution is 6.07. The molecule has 23 heavy (non-hydrogen) atoms. The van der Waals surface area contributed by atoms with E-state index in [1.807, 2.05) is 0 Å². The van der Waals surface area contributed by atoms with E-state index in [1.54, 1.807) is 0 Å². The predicted octanol–water partition coefficient (Wildman–Crippen LogP) is 7.49. The lowest BCUT2D eigenvalue weighted by Gasteiger charge is -2.19. The molecule has 0 aliphatic heterocycles. The smallest absolute Gasteiger partial charge is 0.0102 e. The van der Waals surface area contributed by atoms with E-state index < -0.39 is 0 Å². The summed E-state index contributed by atoms with van der Waals surface area (Å²) in [5, 5.41) is 5.35. The fraction of sp³-hybridized carbons (Fsp3) is 0.391. The van der Waals surface area contributed by atoms with Crippen molar-refractivity contribution < 1.29 is 0 Å². The molecule has 3 rings (SSSR count). The van der Waals surface area contributed by atoms with Crippen molar-refractivity contribution in [3.8, 4) is 0 Å². The second kappa shape index (κ2) is 7.64. The van der Waals surface area contributed by atoms with E-state index in [0.29, 0.717) is 0 Å². The molecule has 0 aromatic heterocycles. The maximum Gasteiger partial charge on any atom is -0.0102 e. The number of hydrogen-bond acceptors (Lipinski definition) is 0. The standard InChI is InChI=1S/C18H18.C5H12/c1-18(2,3)15-11-10-14-9-8-13-6-4-5-7-16(13)17(14)12-15;1-3-5-4-2/h4-12H,1-3H3;3-5H2,1-2H3. The van der Waals surface area contributed by atoms with E-state index in [-0.39, 0.29) is 5.41 Å². The van der Waals surface area contributed by atoms with Gasteiger partial charge in [0.1, 0.15) is 0 Å². The van der Waals surface area contributed by atoms with Crippen LogP contribution in [0.4, 0.5) is 0 Å². The minimum atomic E-state index is 0.200. The van der Waals surface area contributed by atoms with E-state index in [9.17, 15) is 0 Å². The third-order valence-electron chi connectivity index (χ3n) is 4.32. The molecule has 0 amide bonds. The van der Waals surface area contributed by atoms with Crippen molar-refractivity contribution in [2.75, 3.05) is 0 Å². The molecule has 0 spiro atoms. The number of rotatable bonds is 2. The fourth-order valence-corrected chi connectivity index (χ4v) is 2.82. The molecule has 3 aromatic carbocycles. The molecule has 0 unspecified atom stereocenters. The Morgan fingerprint density at radius 1 is 0.696 bits per heavy atom. The first-order chi connectivity index (χ1) is 11.0.